The molecule has 68 heavy (non-hydrogen) atoms. The highest BCUT2D eigenvalue weighted by Gasteiger charge is 2.38. The maximum atomic E-state index is 2.49. The summed E-state index contributed by atoms with van der Waals surface area (Å²) in [7, 11) is 0. The van der Waals surface area contributed by atoms with E-state index in [1.54, 1.807) is 0 Å². The fraction of sp³-hybridized carbons (Fsp3) is 0.284. The quantitative estimate of drug-likeness (QED) is 0.161. The zero-order valence-electron chi connectivity index (χ0n) is 43.0. The maximum Gasteiger partial charge on any atom is 0.0473 e. The lowest BCUT2D eigenvalue weighted by atomic mass is 9.78. The monoisotopic (exact) mass is 888 g/mol. The lowest BCUT2D eigenvalue weighted by Crippen LogP contribution is -2.17. The van der Waals surface area contributed by atoms with Crippen LogP contribution in [0.15, 0.2) is 164 Å². The van der Waals surface area contributed by atoms with Crippen LogP contribution in [-0.4, -0.2) is 0 Å². The van der Waals surface area contributed by atoms with Crippen LogP contribution in [0.2, 0.25) is 0 Å². The van der Waals surface area contributed by atoms with E-state index in [0.29, 0.717) is 0 Å². The first-order chi connectivity index (χ1) is 32.0. The van der Waals surface area contributed by atoms with Crippen molar-refractivity contribution >= 4 is 17.1 Å². The largest absolute Gasteiger partial charge is 0.310 e. The second-order valence-corrected chi connectivity index (χ2v) is 24.1. The third-order valence-electron chi connectivity index (χ3n) is 15.4. The summed E-state index contributed by atoms with van der Waals surface area (Å²) in [5.41, 5.74) is 27.0. The van der Waals surface area contributed by atoms with Crippen LogP contribution < -0.4 is 4.90 Å². The molecule has 0 heterocycles. The molecule has 2 aliphatic carbocycles. The summed E-state index contributed by atoms with van der Waals surface area (Å²) in [4.78, 5) is 2.45. The number of hydrogen-bond acceptors (Lipinski definition) is 1. The summed E-state index contributed by atoms with van der Waals surface area (Å²) in [6, 6.07) is 63.3. The highest BCUT2D eigenvalue weighted by Crippen LogP contribution is 2.53. The fourth-order valence-corrected chi connectivity index (χ4v) is 10.9. The van der Waals surface area contributed by atoms with E-state index in [-0.39, 0.29) is 27.1 Å². The van der Waals surface area contributed by atoms with Gasteiger partial charge in [-0.2, -0.15) is 0 Å². The van der Waals surface area contributed by atoms with Crippen LogP contribution in [0, 0.1) is 6.92 Å². The number of anilines is 3. The molecule has 0 aromatic heterocycles. The van der Waals surface area contributed by atoms with Crippen LogP contribution in [0.25, 0.3) is 55.6 Å². The molecule has 0 unspecified atom stereocenters. The number of hydrogen-bond donors (Lipinski definition) is 0. The van der Waals surface area contributed by atoms with Crippen molar-refractivity contribution in [1.29, 1.82) is 0 Å². The van der Waals surface area contributed by atoms with E-state index in [0.717, 1.165) is 17.1 Å². The van der Waals surface area contributed by atoms with Gasteiger partial charge in [-0.1, -0.05) is 205 Å². The van der Waals surface area contributed by atoms with E-state index >= 15 is 0 Å². The minimum absolute atomic E-state index is 0.0775. The van der Waals surface area contributed by atoms with E-state index in [1.807, 2.05) is 0 Å². The standard InChI is InChI=1S/C67H69N/c1-42-15-27-52(28-16-42)68(53-29-19-44(20-30-53)43-17-23-49(24-18-43)63(2,3)4)54-36-47(45-21-31-55-57-33-25-50(64(5,6)7)40-61(57)66(11,12)59(55)38-45)35-48(37-54)46-22-32-56-58-34-26-51(65(8,9)10)41-62(58)67(13,14)60(56)39-46/h15-41H,1-14H3. The Bertz CT molecular complexity index is 3100. The Morgan fingerprint density at radius 3 is 1.01 bits per heavy atom. The Hall–Kier alpha value is -6.44. The Balaban J connectivity index is 1.14. The summed E-state index contributed by atoms with van der Waals surface area (Å²) in [5.74, 6) is 0. The summed E-state index contributed by atoms with van der Waals surface area (Å²) in [6.45, 7) is 32.5. The molecule has 0 saturated heterocycles. The summed E-state index contributed by atoms with van der Waals surface area (Å²) in [6.07, 6.45) is 0. The first kappa shape index (κ1) is 45.3. The fourth-order valence-electron chi connectivity index (χ4n) is 10.9. The van der Waals surface area contributed by atoms with Crippen molar-refractivity contribution in [2.45, 2.75) is 124 Å². The predicted molar refractivity (Wildman–Crippen MR) is 293 cm³/mol. The number of aryl methyl sites for hydroxylation is 1. The third kappa shape index (κ3) is 7.83. The average molecular weight is 888 g/mol. The van der Waals surface area contributed by atoms with Gasteiger partial charge in [0.25, 0.3) is 0 Å². The molecule has 0 bridgehead atoms. The molecule has 10 rings (SSSR count). The summed E-state index contributed by atoms with van der Waals surface area (Å²) < 4.78 is 0. The topological polar surface area (TPSA) is 3.24 Å². The van der Waals surface area contributed by atoms with Crippen LogP contribution in [0.3, 0.4) is 0 Å². The van der Waals surface area contributed by atoms with Crippen molar-refractivity contribution in [3.05, 3.63) is 208 Å². The minimum Gasteiger partial charge on any atom is -0.310 e. The van der Waals surface area contributed by atoms with Crippen molar-refractivity contribution in [3.8, 4) is 55.6 Å². The van der Waals surface area contributed by atoms with Gasteiger partial charge in [-0.3, -0.25) is 0 Å². The van der Waals surface area contributed by atoms with Crippen LogP contribution in [-0.2, 0) is 27.1 Å². The molecule has 1 heteroatoms. The molecule has 342 valence electrons. The van der Waals surface area contributed by atoms with Gasteiger partial charge in [0, 0.05) is 27.9 Å². The van der Waals surface area contributed by atoms with Crippen LogP contribution in [0.5, 0.6) is 0 Å². The minimum atomic E-state index is -0.140. The molecule has 0 saturated carbocycles. The lowest BCUT2D eigenvalue weighted by Gasteiger charge is -2.28. The van der Waals surface area contributed by atoms with Gasteiger partial charge in [-0.15, -0.1) is 0 Å². The molecule has 0 amide bonds. The molecular weight excluding hydrogens is 819 g/mol. The molecule has 0 aliphatic heterocycles. The SMILES string of the molecule is Cc1ccc(N(c2ccc(-c3ccc(C(C)(C)C)cc3)cc2)c2cc(-c3ccc4c(c3)C(C)(C)c3cc(C(C)(C)C)ccc3-4)cc(-c3ccc4c(c3)C(C)(C)c3cc(C(C)(C)C)ccc3-4)c2)cc1. The second kappa shape index (κ2) is 15.8. The number of nitrogens with zero attached hydrogens (tertiary/aromatic N) is 1. The van der Waals surface area contributed by atoms with Crippen LogP contribution in [0.1, 0.15) is 135 Å². The smallest absolute Gasteiger partial charge is 0.0473 e. The van der Waals surface area contributed by atoms with E-state index in [1.165, 1.54) is 100 Å². The first-order valence-electron chi connectivity index (χ1n) is 24.8. The predicted octanol–water partition coefficient (Wildman–Crippen LogP) is 19.0. The zero-order chi connectivity index (χ0) is 48.3. The molecule has 2 aliphatic rings. The molecule has 0 spiro atoms. The lowest BCUT2D eigenvalue weighted by molar-refractivity contribution is 0.584. The molecule has 0 atom stereocenters. The Labute approximate surface area is 408 Å². The van der Waals surface area contributed by atoms with Gasteiger partial charge in [-0.05, 0) is 172 Å². The van der Waals surface area contributed by atoms with E-state index in [9.17, 15) is 0 Å². The number of benzene rings is 8. The number of fused-ring (bicyclic) bond motifs is 6. The normalized spacial score (nSPS) is 14.6. The van der Waals surface area contributed by atoms with Crippen molar-refractivity contribution in [2.24, 2.45) is 0 Å². The maximum absolute atomic E-state index is 2.49. The summed E-state index contributed by atoms with van der Waals surface area (Å²) in [5, 5.41) is 0. The molecule has 0 fully saturated rings. The van der Waals surface area contributed by atoms with Gasteiger partial charge < -0.3 is 4.90 Å². The second-order valence-electron chi connectivity index (χ2n) is 24.1. The van der Waals surface area contributed by atoms with Gasteiger partial charge in [0.2, 0.25) is 0 Å². The summed E-state index contributed by atoms with van der Waals surface area (Å²) >= 11 is 0. The van der Waals surface area contributed by atoms with Gasteiger partial charge in [0.15, 0.2) is 0 Å². The molecule has 8 aromatic carbocycles. The van der Waals surface area contributed by atoms with Crippen molar-refractivity contribution in [1.82, 2.24) is 0 Å². The Kier molecular flexibility index (Phi) is 10.5. The molecular formula is C67H69N. The first-order valence-corrected chi connectivity index (χ1v) is 24.8. The average Bonchev–Trinajstić information content (AvgIpc) is 3.67. The van der Waals surface area contributed by atoms with Gasteiger partial charge in [0.05, 0.1) is 0 Å². The number of rotatable bonds is 6. The Morgan fingerprint density at radius 1 is 0.294 bits per heavy atom. The molecule has 1 nitrogen and oxygen atoms in total. The molecule has 0 radical (unpaired) electrons. The van der Waals surface area contributed by atoms with Gasteiger partial charge >= 0.3 is 0 Å². The Morgan fingerprint density at radius 2 is 0.618 bits per heavy atom. The van der Waals surface area contributed by atoms with Gasteiger partial charge in [0.1, 0.15) is 0 Å². The van der Waals surface area contributed by atoms with E-state index in [4.69, 9.17) is 0 Å². The third-order valence-corrected chi connectivity index (χ3v) is 15.4. The van der Waals surface area contributed by atoms with Crippen molar-refractivity contribution < 1.29 is 0 Å². The molecule has 8 aromatic rings. The highest BCUT2D eigenvalue weighted by molar-refractivity contribution is 5.90. The van der Waals surface area contributed by atoms with Crippen LogP contribution in [0.4, 0.5) is 17.1 Å². The van der Waals surface area contributed by atoms with E-state index in [2.05, 4.69) is 266 Å². The van der Waals surface area contributed by atoms with E-state index < -0.39 is 0 Å². The molecule has 0 N–H and O–H groups in total. The van der Waals surface area contributed by atoms with Gasteiger partial charge in [-0.25, -0.2) is 0 Å². The van der Waals surface area contributed by atoms with Crippen molar-refractivity contribution in [2.75, 3.05) is 4.90 Å². The highest BCUT2D eigenvalue weighted by atomic mass is 15.1. The van der Waals surface area contributed by atoms with Crippen molar-refractivity contribution in [3.63, 3.8) is 0 Å². The van der Waals surface area contributed by atoms with Crippen LogP contribution >= 0.6 is 0 Å². The zero-order valence-corrected chi connectivity index (χ0v) is 43.0.